The Bertz CT molecular complexity index is 853. The van der Waals surface area contributed by atoms with Gasteiger partial charge in [0.1, 0.15) is 5.82 Å². The van der Waals surface area contributed by atoms with Crippen LogP contribution in [0.3, 0.4) is 0 Å². The predicted octanol–water partition coefficient (Wildman–Crippen LogP) is 5.90. The van der Waals surface area contributed by atoms with Gasteiger partial charge < -0.3 is 10.3 Å². The standard InChI is InChI=1S/C23H27N3O/c1-3-5-9-17(4-2)23(27)25-20-14-12-18(13-15-20)21-16-24-22(26-21)19-10-7-6-8-11-19/h6-8,10-17H,3-5,9H2,1-2H3,(H,24,26)(H,25,27). The number of anilines is 1. The third kappa shape index (κ3) is 4.85. The minimum absolute atomic E-state index is 0.0886. The summed E-state index contributed by atoms with van der Waals surface area (Å²) >= 11 is 0. The molecule has 1 unspecified atom stereocenters. The van der Waals surface area contributed by atoms with Gasteiger partial charge in [-0.05, 0) is 30.5 Å². The number of unbranched alkanes of at least 4 members (excludes halogenated alkanes) is 1. The molecule has 0 radical (unpaired) electrons. The Labute approximate surface area is 161 Å². The number of aromatic nitrogens is 2. The van der Waals surface area contributed by atoms with Gasteiger partial charge in [-0.2, -0.15) is 0 Å². The monoisotopic (exact) mass is 361 g/mol. The number of H-pyrrole nitrogens is 1. The van der Waals surface area contributed by atoms with Crippen LogP contribution in [-0.2, 0) is 4.79 Å². The van der Waals surface area contributed by atoms with Gasteiger partial charge in [-0.15, -0.1) is 0 Å². The van der Waals surface area contributed by atoms with E-state index in [0.717, 1.165) is 54.0 Å². The number of benzene rings is 2. The number of nitrogens with zero attached hydrogens (tertiary/aromatic N) is 1. The van der Waals surface area contributed by atoms with Gasteiger partial charge in [-0.3, -0.25) is 4.79 Å². The van der Waals surface area contributed by atoms with E-state index in [1.165, 1.54) is 0 Å². The molecule has 0 fully saturated rings. The largest absolute Gasteiger partial charge is 0.338 e. The Morgan fingerprint density at radius 1 is 1.04 bits per heavy atom. The zero-order valence-corrected chi connectivity index (χ0v) is 16.0. The maximum atomic E-state index is 12.4. The Hall–Kier alpha value is -2.88. The van der Waals surface area contributed by atoms with Crippen LogP contribution in [0.4, 0.5) is 5.69 Å². The van der Waals surface area contributed by atoms with E-state index in [-0.39, 0.29) is 11.8 Å². The van der Waals surface area contributed by atoms with Crippen LogP contribution in [0.25, 0.3) is 22.6 Å². The van der Waals surface area contributed by atoms with Gasteiger partial charge in [0.15, 0.2) is 0 Å². The topological polar surface area (TPSA) is 57.8 Å². The molecule has 2 aromatic carbocycles. The van der Waals surface area contributed by atoms with Gasteiger partial charge in [0, 0.05) is 17.2 Å². The molecule has 0 aliphatic heterocycles. The molecule has 3 aromatic rings. The van der Waals surface area contributed by atoms with E-state index in [1.807, 2.05) is 60.8 Å². The summed E-state index contributed by atoms with van der Waals surface area (Å²) in [7, 11) is 0. The fourth-order valence-electron chi connectivity index (χ4n) is 3.16. The molecule has 0 bridgehead atoms. The highest BCUT2D eigenvalue weighted by Crippen LogP contribution is 2.24. The van der Waals surface area contributed by atoms with Crippen LogP contribution in [0, 0.1) is 5.92 Å². The summed E-state index contributed by atoms with van der Waals surface area (Å²) in [5, 5.41) is 3.05. The average Bonchev–Trinajstić information content (AvgIpc) is 3.20. The molecule has 2 N–H and O–H groups in total. The Morgan fingerprint density at radius 2 is 1.78 bits per heavy atom. The summed E-state index contributed by atoms with van der Waals surface area (Å²) in [6.45, 7) is 4.23. The first-order chi connectivity index (χ1) is 13.2. The van der Waals surface area contributed by atoms with Crippen LogP contribution < -0.4 is 5.32 Å². The third-order valence-electron chi connectivity index (χ3n) is 4.86. The number of hydrogen-bond acceptors (Lipinski definition) is 2. The van der Waals surface area contributed by atoms with Crippen molar-refractivity contribution in [3.05, 3.63) is 60.8 Å². The lowest BCUT2D eigenvalue weighted by Crippen LogP contribution is -2.22. The van der Waals surface area contributed by atoms with Gasteiger partial charge in [-0.25, -0.2) is 4.98 Å². The second-order valence-corrected chi connectivity index (χ2v) is 6.83. The fourth-order valence-corrected chi connectivity index (χ4v) is 3.16. The molecule has 4 nitrogen and oxygen atoms in total. The Morgan fingerprint density at radius 3 is 2.44 bits per heavy atom. The number of amides is 1. The molecule has 140 valence electrons. The van der Waals surface area contributed by atoms with E-state index in [4.69, 9.17) is 0 Å². The van der Waals surface area contributed by atoms with Crippen LogP contribution >= 0.6 is 0 Å². The van der Waals surface area contributed by atoms with Gasteiger partial charge in [-0.1, -0.05) is 69.2 Å². The van der Waals surface area contributed by atoms with Crippen molar-refractivity contribution in [3.8, 4) is 22.6 Å². The van der Waals surface area contributed by atoms with E-state index in [9.17, 15) is 4.79 Å². The molecule has 1 amide bonds. The van der Waals surface area contributed by atoms with Crippen molar-refractivity contribution >= 4 is 11.6 Å². The van der Waals surface area contributed by atoms with Crippen molar-refractivity contribution in [1.82, 2.24) is 9.97 Å². The lowest BCUT2D eigenvalue weighted by molar-refractivity contribution is -0.120. The second-order valence-electron chi connectivity index (χ2n) is 6.83. The molecular weight excluding hydrogens is 334 g/mol. The summed E-state index contributed by atoms with van der Waals surface area (Å²) < 4.78 is 0. The predicted molar refractivity (Wildman–Crippen MR) is 111 cm³/mol. The van der Waals surface area contributed by atoms with E-state index in [0.29, 0.717) is 0 Å². The fraction of sp³-hybridized carbons (Fsp3) is 0.304. The van der Waals surface area contributed by atoms with Crippen LogP contribution in [0.15, 0.2) is 60.8 Å². The number of carbonyl (C=O) groups excluding carboxylic acids is 1. The van der Waals surface area contributed by atoms with Crippen molar-refractivity contribution in [2.45, 2.75) is 39.5 Å². The molecule has 0 aliphatic rings. The third-order valence-corrected chi connectivity index (χ3v) is 4.86. The highest BCUT2D eigenvalue weighted by atomic mass is 16.1. The SMILES string of the molecule is CCCCC(CC)C(=O)Nc1ccc(-c2cnc(-c3ccccc3)[nH]2)cc1. The van der Waals surface area contributed by atoms with Gasteiger partial charge in [0.05, 0.1) is 11.9 Å². The first kappa shape index (κ1) is 18.9. The van der Waals surface area contributed by atoms with Gasteiger partial charge in [0.25, 0.3) is 0 Å². The van der Waals surface area contributed by atoms with Crippen molar-refractivity contribution in [1.29, 1.82) is 0 Å². The van der Waals surface area contributed by atoms with E-state index in [1.54, 1.807) is 0 Å². The Balaban J connectivity index is 1.67. The molecule has 1 heterocycles. The number of rotatable bonds is 8. The maximum absolute atomic E-state index is 12.4. The summed E-state index contributed by atoms with van der Waals surface area (Å²) in [6, 6.07) is 18.0. The van der Waals surface area contributed by atoms with Gasteiger partial charge in [0.2, 0.25) is 5.91 Å². The summed E-state index contributed by atoms with van der Waals surface area (Å²) in [5.74, 6) is 1.06. The molecule has 4 heteroatoms. The number of nitrogens with one attached hydrogen (secondary N) is 2. The number of carbonyl (C=O) groups is 1. The molecule has 0 saturated heterocycles. The minimum atomic E-state index is 0.0886. The lowest BCUT2D eigenvalue weighted by atomic mass is 9.98. The summed E-state index contributed by atoms with van der Waals surface area (Å²) in [6.07, 6.45) is 5.88. The van der Waals surface area contributed by atoms with E-state index >= 15 is 0 Å². The normalized spacial score (nSPS) is 11.9. The maximum Gasteiger partial charge on any atom is 0.227 e. The minimum Gasteiger partial charge on any atom is -0.338 e. The molecule has 1 atom stereocenters. The number of hydrogen-bond donors (Lipinski definition) is 2. The highest BCUT2D eigenvalue weighted by molar-refractivity contribution is 5.92. The molecular formula is C23H27N3O. The van der Waals surface area contributed by atoms with E-state index < -0.39 is 0 Å². The second kappa shape index (κ2) is 9.17. The summed E-state index contributed by atoms with van der Waals surface area (Å²) in [5.41, 5.74) is 3.90. The zero-order valence-electron chi connectivity index (χ0n) is 16.0. The molecule has 3 rings (SSSR count). The number of aromatic amines is 1. The van der Waals surface area contributed by atoms with Crippen LogP contribution in [0.5, 0.6) is 0 Å². The van der Waals surface area contributed by atoms with Crippen LogP contribution in [-0.4, -0.2) is 15.9 Å². The zero-order chi connectivity index (χ0) is 19.1. The van der Waals surface area contributed by atoms with Crippen molar-refractivity contribution < 1.29 is 4.79 Å². The van der Waals surface area contributed by atoms with E-state index in [2.05, 4.69) is 29.1 Å². The van der Waals surface area contributed by atoms with Gasteiger partial charge >= 0.3 is 0 Å². The van der Waals surface area contributed by atoms with Crippen molar-refractivity contribution in [3.63, 3.8) is 0 Å². The number of imidazole rings is 1. The van der Waals surface area contributed by atoms with Crippen LogP contribution in [0.1, 0.15) is 39.5 Å². The lowest BCUT2D eigenvalue weighted by Gasteiger charge is -2.14. The smallest absolute Gasteiger partial charge is 0.227 e. The molecule has 0 saturated carbocycles. The van der Waals surface area contributed by atoms with Crippen molar-refractivity contribution in [2.75, 3.05) is 5.32 Å². The highest BCUT2D eigenvalue weighted by Gasteiger charge is 2.16. The molecule has 27 heavy (non-hydrogen) atoms. The van der Waals surface area contributed by atoms with Crippen molar-refractivity contribution in [2.24, 2.45) is 5.92 Å². The average molecular weight is 361 g/mol. The first-order valence-corrected chi connectivity index (χ1v) is 9.73. The summed E-state index contributed by atoms with van der Waals surface area (Å²) in [4.78, 5) is 20.3. The molecule has 0 spiro atoms. The first-order valence-electron chi connectivity index (χ1n) is 9.73. The molecule has 1 aromatic heterocycles. The van der Waals surface area contributed by atoms with Crippen LogP contribution in [0.2, 0.25) is 0 Å². The Kier molecular flexibility index (Phi) is 6.42. The molecule has 0 aliphatic carbocycles. The quantitative estimate of drug-likeness (QED) is 0.525.